The molecular formula is C18H22BrNOS. The van der Waals surface area contributed by atoms with E-state index in [9.17, 15) is 4.79 Å². The van der Waals surface area contributed by atoms with Crippen molar-refractivity contribution in [2.24, 2.45) is 0 Å². The Hall–Kier alpha value is -1.13. The zero-order valence-corrected chi connectivity index (χ0v) is 15.9. The van der Waals surface area contributed by atoms with Crippen LogP contribution in [0.1, 0.15) is 57.5 Å². The average Bonchev–Trinajstić information content (AvgIpc) is 2.80. The van der Waals surface area contributed by atoms with Crippen LogP contribution in [0.3, 0.4) is 0 Å². The van der Waals surface area contributed by atoms with Gasteiger partial charge in [-0.3, -0.25) is 4.79 Å². The van der Waals surface area contributed by atoms with E-state index < -0.39 is 0 Å². The smallest absolute Gasteiger partial charge is 0.261 e. The molecule has 22 heavy (non-hydrogen) atoms. The third-order valence-corrected chi connectivity index (χ3v) is 5.86. The first-order valence-electron chi connectivity index (χ1n) is 7.58. The number of rotatable bonds is 5. The first-order valence-corrected chi connectivity index (χ1v) is 9.19. The van der Waals surface area contributed by atoms with Crippen molar-refractivity contribution in [3.63, 3.8) is 0 Å². The first kappa shape index (κ1) is 17.2. The fourth-order valence-corrected chi connectivity index (χ4v) is 4.45. The molecule has 1 aromatic carbocycles. The van der Waals surface area contributed by atoms with Crippen molar-refractivity contribution in [3.8, 4) is 0 Å². The Morgan fingerprint density at radius 1 is 1.32 bits per heavy atom. The number of aryl methyl sites for hydroxylation is 3. The third kappa shape index (κ3) is 3.99. The Labute approximate surface area is 145 Å². The van der Waals surface area contributed by atoms with Gasteiger partial charge in [-0.05, 0) is 60.3 Å². The van der Waals surface area contributed by atoms with Crippen molar-refractivity contribution >= 4 is 33.2 Å². The van der Waals surface area contributed by atoms with Crippen molar-refractivity contribution in [2.45, 2.75) is 46.6 Å². The molecule has 1 atom stereocenters. The van der Waals surface area contributed by atoms with Gasteiger partial charge in [-0.25, -0.2) is 0 Å². The minimum absolute atomic E-state index is 0.000489. The molecule has 0 aliphatic heterocycles. The van der Waals surface area contributed by atoms with Crippen LogP contribution in [0.5, 0.6) is 0 Å². The van der Waals surface area contributed by atoms with Crippen LogP contribution >= 0.6 is 27.3 Å². The van der Waals surface area contributed by atoms with Gasteiger partial charge in [0, 0.05) is 9.35 Å². The van der Waals surface area contributed by atoms with E-state index in [0.29, 0.717) is 0 Å². The van der Waals surface area contributed by atoms with E-state index in [2.05, 4.69) is 60.2 Å². The quantitative estimate of drug-likeness (QED) is 0.722. The normalized spacial score (nSPS) is 12.2. The van der Waals surface area contributed by atoms with Gasteiger partial charge in [0.2, 0.25) is 0 Å². The van der Waals surface area contributed by atoms with Crippen molar-refractivity contribution in [2.75, 3.05) is 0 Å². The molecule has 2 nitrogen and oxygen atoms in total. The van der Waals surface area contributed by atoms with Crippen LogP contribution in [-0.4, -0.2) is 5.91 Å². The summed E-state index contributed by atoms with van der Waals surface area (Å²) in [6.45, 7) is 8.35. The summed E-state index contributed by atoms with van der Waals surface area (Å²) in [5.74, 6) is 0.000489. The van der Waals surface area contributed by atoms with Gasteiger partial charge in [-0.1, -0.05) is 37.1 Å². The fraction of sp³-hybridized carbons (Fsp3) is 0.389. The van der Waals surface area contributed by atoms with Gasteiger partial charge >= 0.3 is 0 Å². The molecule has 0 saturated heterocycles. The maximum Gasteiger partial charge on any atom is 0.261 e. The van der Waals surface area contributed by atoms with Crippen LogP contribution < -0.4 is 5.32 Å². The highest BCUT2D eigenvalue weighted by Crippen LogP contribution is 2.29. The second kappa shape index (κ2) is 7.42. The van der Waals surface area contributed by atoms with Gasteiger partial charge in [0.1, 0.15) is 0 Å². The lowest BCUT2D eigenvalue weighted by atomic mass is 10.0. The molecule has 0 bridgehead atoms. The largest absolute Gasteiger partial charge is 0.345 e. The van der Waals surface area contributed by atoms with Gasteiger partial charge in [0.05, 0.1) is 10.9 Å². The number of hydrogen-bond acceptors (Lipinski definition) is 2. The molecule has 2 rings (SSSR count). The Morgan fingerprint density at radius 2 is 2.05 bits per heavy atom. The lowest BCUT2D eigenvalue weighted by Crippen LogP contribution is -2.26. The number of carbonyl (C=O) groups excluding carboxylic acids is 1. The van der Waals surface area contributed by atoms with Crippen LogP contribution in [0.15, 0.2) is 28.7 Å². The number of amides is 1. The SMILES string of the molecule is CCCc1sc(C(=O)NC(C)c2ccc(C)cc2C)cc1Br. The highest BCUT2D eigenvalue weighted by molar-refractivity contribution is 9.10. The summed E-state index contributed by atoms with van der Waals surface area (Å²) in [4.78, 5) is 14.5. The number of benzene rings is 1. The minimum atomic E-state index is 0.000489. The van der Waals surface area contributed by atoms with Gasteiger partial charge in [-0.2, -0.15) is 0 Å². The van der Waals surface area contributed by atoms with Crippen molar-refractivity contribution in [1.82, 2.24) is 5.32 Å². The summed E-state index contributed by atoms with van der Waals surface area (Å²) in [7, 11) is 0. The van der Waals surface area contributed by atoms with Crippen LogP contribution in [-0.2, 0) is 6.42 Å². The number of halogens is 1. The van der Waals surface area contributed by atoms with Crippen LogP contribution in [0.25, 0.3) is 0 Å². The number of hydrogen-bond donors (Lipinski definition) is 1. The molecule has 0 spiro atoms. The fourth-order valence-electron chi connectivity index (χ4n) is 2.57. The molecular weight excluding hydrogens is 358 g/mol. The third-order valence-electron chi connectivity index (χ3n) is 3.70. The number of nitrogens with one attached hydrogen (secondary N) is 1. The average molecular weight is 380 g/mol. The zero-order valence-electron chi connectivity index (χ0n) is 13.5. The van der Waals surface area contributed by atoms with Gasteiger partial charge in [0.15, 0.2) is 0 Å². The molecule has 0 saturated carbocycles. The summed E-state index contributed by atoms with van der Waals surface area (Å²) >= 11 is 5.12. The second-order valence-corrected chi connectivity index (χ2v) is 7.68. The van der Waals surface area contributed by atoms with Gasteiger partial charge in [0.25, 0.3) is 5.91 Å². The molecule has 1 heterocycles. The molecule has 0 aliphatic carbocycles. The van der Waals surface area contributed by atoms with E-state index >= 15 is 0 Å². The van der Waals surface area contributed by atoms with Crippen LogP contribution in [0.2, 0.25) is 0 Å². The van der Waals surface area contributed by atoms with Gasteiger partial charge in [-0.15, -0.1) is 11.3 Å². The van der Waals surface area contributed by atoms with E-state index in [0.717, 1.165) is 22.2 Å². The Morgan fingerprint density at radius 3 is 2.68 bits per heavy atom. The molecule has 0 fully saturated rings. The van der Waals surface area contributed by atoms with Gasteiger partial charge < -0.3 is 5.32 Å². The van der Waals surface area contributed by atoms with Crippen molar-refractivity contribution < 1.29 is 4.79 Å². The second-order valence-electron chi connectivity index (χ2n) is 5.69. The van der Waals surface area contributed by atoms with E-state index in [1.807, 2.05) is 13.0 Å². The lowest BCUT2D eigenvalue weighted by Gasteiger charge is -2.16. The molecule has 1 aromatic heterocycles. The standard InChI is InChI=1S/C18H22BrNOS/c1-5-6-16-15(19)10-17(22-16)18(21)20-13(4)14-8-7-11(2)9-12(14)3/h7-10,13H,5-6H2,1-4H3,(H,20,21). The predicted molar refractivity (Wildman–Crippen MR) is 97.8 cm³/mol. The maximum absolute atomic E-state index is 12.5. The maximum atomic E-state index is 12.5. The number of thiophene rings is 1. The Kier molecular flexibility index (Phi) is 5.81. The molecule has 2 aromatic rings. The highest BCUT2D eigenvalue weighted by Gasteiger charge is 2.16. The summed E-state index contributed by atoms with van der Waals surface area (Å²) in [5, 5.41) is 3.11. The van der Waals surface area contributed by atoms with Crippen molar-refractivity contribution in [3.05, 3.63) is 55.2 Å². The summed E-state index contributed by atoms with van der Waals surface area (Å²) < 4.78 is 1.05. The topological polar surface area (TPSA) is 29.1 Å². The molecule has 1 N–H and O–H groups in total. The first-order chi connectivity index (χ1) is 10.4. The molecule has 1 amide bonds. The summed E-state index contributed by atoms with van der Waals surface area (Å²) in [6.07, 6.45) is 2.09. The van der Waals surface area contributed by atoms with E-state index in [4.69, 9.17) is 0 Å². The molecule has 0 radical (unpaired) electrons. The predicted octanol–water partition coefficient (Wildman–Crippen LogP) is 5.57. The zero-order chi connectivity index (χ0) is 16.3. The molecule has 4 heteroatoms. The Balaban J connectivity index is 2.12. The summed E-state index contributed by atoms with van der Waals surface area (Å²) in [6, 6.07) is 8.27. The minimum Gasteiger partial charge on any atom is -0.345 e. The van der Waals surface area contributed by atoms with Crippen LogP contribution in [0.4, 0.5) is 0 Å². The van der Waals surface area contributed by atoms with E-state index in [-0.39, 0.29) is 11.9 Å². The number of carbonyl (C=O) groups is 1. The highest BCUT2D eigenvalue weighted by atomic mass is 79.9. The molecule has 0 aliphatic rings. The molecule has 1 unspecified atom stereocenters. The van der Waals surface area contributed by atoms with E-state index in [1.54, 1.807) is 11.3 Å². The lowest BCUT2D eigenvalue weighted by molar-refractivity contribution is 0.0944. The van der Waals surface area contributed by atoms with Crippen molar-refractivity contribution in [1.29, 1.82) is 0 Å². The summed E-state index contributed by atoms with van der Waals surface area (Å²) in [5.41, 5.74) is 3.63. The monoisotopic (exact) mass is 379 g/mol. The molecule has 118 valence electrons. The van der Waals surface area contributed by atoms with E-state index in [1.165, 1.54) is 21.6 Å². The Bertz CT molecular complexity index is 678. The van der Waals surface area contributed by atoms with Crippen LogP contribution in [0, 0.1) is 13.8 Å².